The van der Waals surface area contributed by atoms with Crippen molar-refractivity contribution in [2.45, 2.75) is 6.92 Å². The van der Waals surface area contributed by atoms with Crippen molar-refractivity contribution in [2.24, 2.45) is 0 Å². The summed E-state index contributed by atoms with van der Waals surface area (Å²) in [6.45, 7) is 1.97. The standard InChI is InChI=1S/C5H6N.3ClH.Zr/c1-5-3-2-4-6-5;;;;/h2,4,6H,1H3;3*1H;/q-1;;;;+4/p-3. The SMILES string of the molecule is Cc1[c-]cc[nH]1.[Cl-].[Cl-].[Cl-].[Zr+4]. The van der Waals surface area contributed by atoms with Gasteiger partial charge in [0.2, 0.25) is 0 Å². The molecule has 56 valence electrons. The molecule has 1 aromatic rings. The van der Waals surface area contributed by atoms with Gasteiger partial charge in [-0.15, -0.1) is 6.20 Å². The maximum atomic E-state index is 2.94. The van der Waals surface area contributed by atoms with Gasteiger partial charge in [0.05, 0.1) is 0 Å². The Kier molecular flexibility index (Phi) is 28.5. The van der Waals surface area contributed by atoms with E-state index in [9.17, 15) is 0 Å². The predicted molar refractivity (Wildman–Crippen MR) is 24.4 cm³/mol. The molecule has 10 heavy (non-hydrogen) atoms. The third kappa shape index (κ3) is 9.03. The van der Waals surface area contributed by atoms with Crippen LogP contribution < -0.4 is 37.2 Å². The summed E-state index contributed by atoms with van der Waals surface area (Å²) >= 11 is 0. The third-order valence-electron chi connectivity index (χ3n) is 0.683. The molecular formula is C5H6Cl3NZr. The molecular weight excluding hydrogens is 272 g/mol. The summed E-state index contributed by atoms with van der Waals surface area (Å²) < 4.78 is 0. The van der Waals surface area contributed by atoms with Crippen LogP contribution in [-0.2, 0) is 26.2 Å². The predicted octanol–water partition coefficient (Wildman–Crippen LogP) is -7.87. The van der Waals surface area contributed by atoms with Crippen LogP contribution >= 0.6 is 0 Å². The molecule has 0 aromatic carbocycles. The van der Waals surface area contributed by atoms with Crippen LogP contribution in [0.3, 0.4) is 0 Å². The van der Waals surface area contributed by atoms with E-state index in [1.165, 1.54) is 0 Å². The van der Waals surface area contributed by atoms with Crippen molar-refractivity contribution in [1.82, 2.24) is 4.98 Å². The van der Waals surface area contributed by atoms with Gasteiger partial charge in [-0.3, -0.25) is 0 Å². The molecule has 1 N–H and O–H groups in total. The second kappa shape index (κ2) is 12.7. The van der Waals surface area contributed by atoms with E-state index in [4.69, 9.17) is 0 Å². The van der Waals surface area contributed by atoms with Crippen molar-refractivity contribution in [3.05, 3.63) is 24.0 Å². The molecule has 1 heterocycles. The molecule has 0 saturated heterocycles. The van der Waals surface area contributed by atoms with Crippen molar-refractivity contribution in [1.29, 1.82) is 0 Å². The number of aryl methyl sites for hydroxylation is 1. The Bertz CT molecular complexity index is 120. The van der Waals surface area contributed by atoms with Crippen LogP contribution in [0.15, 0.2) is 12.3 Å². The summed E-state index contributed by atoms with van der Waals surface area (Å²) in [7, 11) is 0. The summed E-state index contributed by atoms with van der Waals surface area (Å²) in [4.78, 5) is 2.94. The van der Waals surface area contributed by atoms with Crippen LogP contribution in [0.5, 0.6) is 0 Å². The topological polar surface area (TPSA) is 15.8 Å². The molecule has 0 amide bonds. The Hall–Kier alpha value is 1.03. The number of rotatable bonds is 0. The second-order valence-corrected chi connectivity index (χ2v) is 1.25. The molecule has 1 nitrogen and oxygen atoms in total. The number of aromatic amines is 1. The number of halogens is 3. The molecule has 0 radical (unpaired) electrons. The first-order chi connectivity index (χ1) is 2.89. The number of nitrogens with one attached hydrogen (secondary N) is 1. The summed E-state index contributed by atoms with van der Waals surface area (Å²) in [5.74, 6) is 0. The van der Waals surface area contributed by atoms with Crippen LogP contribution in [0.2, 0.25) is 0 Å². The zero-order chi connectivity index (χ0) is 4.41. The minimum Gasteiger partial charge on any atom is -1.00 e. The van der Waals surface area contributed by atoms with E-state index in [1.807, 2.05) is 19.2 Å². The van der Waals surface area contributed by atoms with E-state index in [2.05, 4.69) is 11.1 Å². The number of hydrogen-bond acceptors (Lipinski definition) is 0. The number of H-pyrrole nitrogens is 1. The fourth-order valence-corrected chi connectivity index (χ4v) is 0.375. The molecule has 0 bridgehead atoms. The van der Waals surface area contributed by atoms with Crippen LogP contribution in [0.4, 0.5) is 0 Å². The van der Waals surface area contributed by atoms with Crippen molar-refractivity contribution in [3.8, 4) is 0 Å². The first-order valence-electron chi connectivity index (χ1n) is 1.91. The van der Waals surface area contributed by atoms with Gasteiger partial charge in [0.25, 0.3) is 0 Å². The average molecular weight is 278 g/mol. The molecule has 5 heteroatoms. The molecule has 0 aliphatic carbocycles. The fourth-order valence-electron chi connectivity index (χ4n) is 0.375. The van der Waals surface area contributed by atoms with Crippen molar-refractivity contribution in [3.63, 3.8) is 0 Å². The molecule has 0 fully saturated rings. The van der Waals surface area contributed by atoms with E-state index in [0.717, 1.165) is 5.69 Å². The molecule has 0 saturated carbocycles. The van der Waals surface area contributed by atoms with Gasteiger partial charge in [0.15, 0.2) is 0 Å². The van der Waals surface area contributed by atoms with Crippen molar-refractivity contribution in [2.75, 3.05) is 0 Å². The first kappa shape index (κ1) is 22.5. The summed E-state index contributed by atoms with van der Waals surface area (Å²) in [6, 6.07) is 4.80. The quantitative estimate of drug-likeness (QED) is 0.454. The summed E-state index contributed by atoms with van der Waals surface area (Å²) in [5.41, 5.74) is 1.09. The monoisotopic (exact) mass is 275 g/mol. The van der Waals surface area contributed by atoms with Gasteiger partial charge in [-0.2, -0.15) is 0 Å². The van der Waals surface area contributed by atoms with E-state index in [0.29, 0.717) is 0 Å². The second-order valence-electron chi connectivity index (χ2n) is 1.25. The maximum absolute atomic E-state index is 2.94. The van der Waals surface area contributed by atoms with E-state index in [-0.39, 0.29) is 63.4 Å². The van der Waals surface area contributed by atoms with Crippen LogP contribution in [0, 0.1) is 13.0 Å². The van der Waals surface area contributed by atoms with E-state index in [1.54, 1.807) is 0 Å². The zero-order valence-electron chi connectivity index (χ0n) is 5.29. The zero-order valence-corrected chi connectivity index (χ0v) is 10.0. The molecule has 0 aliphatic rings. The third-order valence-corrected chi connectivity index (χ3v) is 0.683. The summed E-state index contributed by atoms with van der Waals surface area (Å²) in [6.07, 6.45) is 1.86. The van der Waals surface area contributed by atoms with Crippen LogP contribution in [0.1, 0.15) is 5.69 Å². The van der Waals surface area contributed by atoms with Gasteiger partial charge in [-0.05, 0) is 6.92 Å². The van der Waals surface area contributed by atoms with Crippen molar-refractivity contribution < 1.29 is 63.4 Å². The van der Waals surface area contributed by atoms with Gasteiger partial charge in [0, 0.05) is 0 Å². The maximum Gasteiger partial charge on any atom is 4.00 e. The molecule has 0 aliphatic heterocycles. The van der Waals surface area contributed by atoms with E-state index >= 15 is 0 Å². The van der Waals surface area contributed by atoms with Gasteiger partial charge in [-0.25, -0.2) is 12.1 Å². The Morgan fingerprint density at radius 1 is 1.30 bits per heavy atom. The van der Waals surface area contributed by atoms with E-state index < -0.39 is 0 Å². The Labute approximate surface area is 98.7 Å². The van der Waals surface area contributed by atoms with Gasteiger partial charge >= 0.3 is 26.2 Å². The number of hydrogen-bond donors (Lipinski definition) is 1. The Balaban J connectivity index is -0.0000000450. The largest absolute Gasteiger partial charge is 4.00 e. The fraction of sp³-hybridized carbons (Fsp3) is 0.200. The Morgan fingerprint density at radius 2 is 1.80 bits per heavy atom. The molecule has 0 atom stereocenters. The summed E-state index contributed by atoms with van der Waals surface area (Å²) in [5, 5.41) is 0. The Morgan fingerprint density at radius 3 is 1.90 bits per heavy atom. The molecule has 1 aromatic heterocycles. The minimum absolute atomic E-state index is 0. The average Bonchev–Trinajstić information content (AvgIpc) is 1.86. The number of aromatic nitrogens is 1. The minimum atomic E-state index is 0. The molecule has 1 rings (SSSR count). The van der Waals surface area contributed by atoms with Crippen molar-refractivity contribution >= 4 is 0 Å². The first-order valence-corrected chi connectivity index (χ1v) is 1.91. The van der Waals surface area contributed by atoms with Gasteiger partial charge < -0.3 is 42.2 Å². The molecule has 0 spiro atoms. The van der Waals surface area contributed by atoms with Crippen LogP contribution in [-0.4, -0.2) is 4.98 Å². The molecule has 0 unspecified atom stereocenters. The van der Waals surface area contributed by atoms with Gasteiger partial charge in [-0.1, -0.05) is 5.69 Å². The van der Waals surface area contributed by atoms with Gasteiger partial charge in [0.1, 0.15) is 0 Å². The van der Waals surface area contributed by atoms with Crippen LogP contribution in [0.25, 0.3) is 0 Å². The normalized spacial score (nSPS) is 5.30. The smallest absolute Gasteiger partial charge is 1.00 e.